The standard InChI is InChI=1S/C14H13Cl2N3O3/c15-10-2-3-11(16)9(7-10)1-4-12(20)17-5-6-19-13(21)8-18-14(19)22/h1-4,7H,5-6,8H2,(H,17,20)(H,18,22). The molecule has 1 aromatic rings. The highest BCUT2D eigenvalue weighted by Crippen LogP contribution is 2.21. The highest BCUT2D eigenvalue weighted by atomic mass is 35.5. The molecule has 6 nitrogen and oxygen atoms in total. The van der Waals surface area contributed by atoms with Gasteiger partial charge in [0.2, 0.25) is 11.8 Å². The fraction of sp³-hybridized carbons (Fsp3) is 0.214. The highest BCUT2D eigenvalue weighted by Gasteiger charge is 2.27. The van der Waals surface area contributed by atoms with Gasteiger partial charge in [0.05, 0.1) is 6.54 Å². The van der Waals surface area contributed by atoms with Crippen molar-refractivity contribution in [1.82, 2.24) is 15.5 Å². The molecule has 22 heavy (non-hydrogen) atoms. The number of hydrogen-bond acceptors (Lipinski definition) is 3. The molecule has 0 spiro atoms. The number of benzene rings is 1. The highest BCUT2D eigenvalue weighted by molar-refractivity contribution is 6.34. The van der Waals surface area contributed by atoms with Crippen molar-refractivity contribution < 1.29 is 14.4 Å². The van der Waals surface area contributed by atoms with Gasteiger partial charge in [0.1, 0.15) is 0 Å². The van der Waals surface area contributed by atoms with Crippen LogP contribution in [-0.2, 0) is 9.59 Å². The first-order valence-electron chi connectivity index (χ1n) is 6.46. The molecular weight excluding hydrogens is 329 g/mol. The summed E-state index contributed by atoms with van der Waals surface area (Å²) in [6.45, 7) is 0.299. The van der Waals surface area contributed by atoms with Crippen molar-refractivity contribution in [3.8, 4) is 0 Å². The summed E-state index contributed by atoms with van der Waals surface area (Å²) in [5.41, 5.74) is 0.624. The van der Waals surface area contributed by atoms with Gasteiger partial charge in [-0.2, -0.15) is 0 Å². The van der Waals surface area contributed by atoms with Crippen LogP contribution in [0, 0.1) is 0 Å². The fourth-order valence-corrected chi connectivity index (χ4v) is 2.20. The molecule has 0 atom stereocenters. The number of urea groups is 1. The summed E-state index contributed by atoms with van der Waals surface area (Å²) in [6, 6.07) is 4.49. The Labute approximate surface area is 137 Å². The van der Waals surface area contributed by atoms with E-state index in [1.165, 1.54) is 12.2 Å². The lowest BCUT2D eigenvalue weighted by Crippen LogP contribution is -2.38. The zero-order valence-corrected chi connectivity index (χ0v) is 12.9. The van der Waals surface area contributed by atoms with Gasteiger partial charge < -0.3 is 10.6 Å². The molecule has 0 aliphatic carbocycles. The van der Waals surface area contributed by atoms with Gasteiger partial charge in [-0.25, -0.2) is 4.79 Å². The fourth-order valence-electron chi connectivity index (χ4n) is 1.84. The Balaban J connectivity index is 1.83. The van der Waals surface area contributed by atoms with Gasteiger partial charge in [0.15, 0.2) is 0 Å². The zero-order valence-electron chi connectivity index (χ0n) is 11.4. The smallest absolute Gasteiger partial charge is 0.324 e. The maximum Gasteiger partial charge on any atom is 0.324 e. The van der Waals surface area contributed by atoms with Gasteiger partial charge in [0, 0.05) is 29.2 Å². The van der Waals surface area contributed by atoms with Crippen molar-refractivity contribution in [3.63, 3.8) is 0 Å². The Morgan fingerprint density at radius 2 is 2.14 bits per heavy atom. The monoisotopic (exact) mass is 341 g/mol. The van der Waals surface area contributed by atoms with E-state index in [0.29, 0.717) is 15.6 Å². The SMILES string of the molecule is O=C(C=Cc1cc(Cl)ccc1Cl)NCCN1C(=O)CNC1=O. The quantitative estimate of drug-likeness (QED) is 0.631. The molecule has 2 N–H and O–H groups in total. The van der Waals surface area contributed by atoms with Crippen LogP contribution < -0.4 is 10.6 Å². The van der Waals surface area contributed by atoms with Crippen molar-refractivity contribution in [2.45, 2.75) is 0 Å². The minimum atomic E-state index is -0.444. The molecule has 1 fully saturated rings. The first-order valence-corrected chi connectivity index (χ1v) is 7.22. The van der Waals surface area contributed by atoms with Gasteiger partial charge in [-0.3, -0.25) is 14.5 Å². The second kappa shape index (κ2) is 7.29. The van der Waals surface area contributed by atoms with E-state index in [2.05, 4.69) is 10.6 Å². The summed E-state index contributed by atoms with van der Waals surface area (Å²) in [6.07, 6.45) is 2.85. The number of nitrogens with one attached hydrogen (secondary N) is 2. The first kappa shape index (κ1) is 16.3. The Morgan fingerprint density at radius 3 is 2.82 bits per heavy atom. The summed E-state index contributed by atoms with van der Waals surface area (Å²) < 4.78 is 0. The lowest BCUT2D eigenvalue weighted by atomic mass is 10.2. The Morgan fingerprint density at radius 1 is 1.36 bits per heavy atom. The van der Waals surface area contributed by atoms with Gasteiger partial charge in [-0.1, -0.05) is 23.2 Å². The van der Waals surface area contributed by atoms with E-state index in [0.717, 1.165) is 4.90 Å². The Kier molecular flexibility index (Phi) is 5.41. The summed E-state index contributed by atoms with van der Waals surface area (Å²) >= 11 is 11.8. The molecule has 4 amide bonds. The summed E-state index contributed by atoms with van der Waals surface area (Å²) in [5, 5.41) is 5.97. The molecule has 0 radical (unpaired) electrons. The maximum atomic E-state index is 11.7. The molecule has 116 valence electrons. The van der Waals surface area contributed by atoms with E-state index in [4.69, 9.17) is 23.2 Å². The van der Waals surface area contributed by atoms with Gasteiger partial charge in [-0.15, -0.1) is 0 Å². The number of hydrogen-bond donors (Lipinski definition) is 2. The third-order valence-electron chi connectivity index (χ3n) is 2.94. The number of imide groups is 1. The molecule has 1 saturated heterocycles. The van der Waals surface area contributed by atoms with Crippen LogP contribution in [0.3, 0.4) is 0 Å². The molecule has 1 aromatic carbocycles. The number of nitrogens with zero attached hydrogens (tertiary/aromatic N) is 1. The van der Waals surface area contributed by atoms with Crippen molar-refractivity contribution in [2.75, 3.05) is 19.6 Å². The third kappa shape index (κ3) is 4.22. The lowest BCUT2D eigenvalue weighted by molar-refractivity contribution is -0.125. The van der Waals surface area contributed by atoms with E-state index in [-0.39, 0.29) is 31.4 Å². The van der Waals surface area contributed by atoms with Crippen LogP contribution in [0.1, 0.15) is 5.56 Å². The van der Waals surface area contributed by atoms with Crippen LogP contribution in [0.25, 0.3) is 6.08 Å². The second-order valence-electron chi connectivity index (χ2n) is 4.49. The normalized spacial score (nSPS) is 14.5. The van der Waals surface area contributed by atoms with E-state index in [9.17, 15) is 14.4 Å². The molecule has 2 rings (SSSR count). The topological polar surface area (TPSA) is 78.5 Å². The van der Waals surface area contributed by atoms with Crippen molar-refractivity contribution in [3.05, 3.63) is 39.9 Å². The Bertz CT molecular complexity index is 630. The number of carbonyl (C=O) groups excluding carboxylic acids is 3. The van der Waals surface area contributed by atoms with Crippen LogP contribution >= 0.6 is 23.2 Å². The minimum Gasteiger partial charge on any atom is -0.351 e. The largest absolute Gasteiger partial charge is 0.351 e. The maximum absolute atomic E-state index is 11.7. The van der Waals surface area contributed by atoms with Crippen LogP contribution in [0.2, 0.25) is 10.0 Å². The van der Waals surface area contributed by atoms with Gasteiger partial charge >= 0.3 is 6.03 Å². The average molecular weight is 342 g/mol. The van der Waals surface area contributed by atoms with Crippen LogP contribution in [0.5, 0.6) is 0 Å². The van der Waals surface area contributed by atoms with Gasteiger partial charge in [-0.05, 0) is 29.8 Å². The molecule has 0 unspecified atom stereocenters. The van der Waals surface area contributed by atoms with Crippen molar-refractivity contribution >= 4 is 47.1 Å². The molecule has 1 aliphatic heterocycles. The Hall–Kier alpha value is -2.05. The molecule has 1 heterocycles. The summed E-state index contributed by atoms with van der Waals surface area (Å²) in [4.78, 5) is 35.3. The minimum absolute atomic E-state index is 0.0000514. The van der Waals surface area contributed by atoms with E-state index < -0.39 is 6.03 Å². The number of carbonyl (C=O) groups is 3. The molecule has 1 aliphatic rings. The molecule has 0 saturated carbocycles. The number of halogens is 2. The average Bonchev–Trinajstić information content (AvgIpc) is 2.80. The number of amides is 4. The summed E-state index contributed by atoms with van der Waals surface area (Å²) in [7, 11) is 0. The molecule has 0 bridgehead atoms. The van der Waals surface area contributed by atoms with E-state index in [1.54, 1.807) is 18.2 Å². The number of rotatable bonds is 5. The summed E-state index contributed by atoms with van der Waals surface area (Å²) in [5.74, 6) is -0.663. The third-order valence-corrected chi connectivity index (χ3v) is 3.52. The van der Waals surface area contributed by atoms with Crippen molar-refractivity contribution in [2.24, 2.45) is 0 Å². The van der Waals surface area contributed by atoms with E-state index >= 15 is 0 Å². The van der Waals surface area contributed by atoms with Crippen LogP contribution in [-0.4, -0.2) is 42.4 Å². The van der Waals surface area contributed by atoms with Crippen LogP contribution in [0.15, 0.2) is 24.3 Å². The van der Waals surface area contributed by atoms with E-state index in [1.807, 2.05) is 0 Å². The lowest BCUT2D eigenvalue weighted by Gasteiger charge is -2.11. The predicted octanol–water partition coefficient (Wildman–Crippen LogP) is 1.67. The van der Waals surface area contributed by atoms with Crippen LogP contribution in [0.4, 0.5) is 4.79 Å². The molecular formula is C14H13Cl2N3O3. The zero-order chi connectivity index (χ0) is 16.1. The predicted molar refractivity (Wildman–Crippen MR) is 83.6 cm³/mol. The van der Waals surface area contributed by atoms with Crippen molar-refractivity contribution in [1.29, 1.82) is 0 Å². The molecule has 8 heteroatoms. The molecule has 0 aromatic heterocycles. The second-order valence-corrected chi connectivity index (χ2v) is 5.34. The first-order chi connectivity index (χ1) is 10.5. The van der Waals surface area contributed by atoms with Gasteiger partial charge in [0.25, 0.3) is 0 Å².